The number of aromatic nitrogens is 1. The Morgan fingerprint density at radius 1 is 1.64 bits per heavy atom. The molecule has 0 fully saturated rings. The average molecular weight is 221 g/mol. The molecule has 0 unspecified atom stereocenters. The van der Waals surface area contributed by atoms with Crippen LogP contribution in [-0.4, -0.2) is 23.9 Å². The molecule has 0 bridgehead atoms. The summed E-state index contributed by atoms with van der Waals surface area (Å²) in [5.41, 5.74) is 0.0924. The maximum atomic E-state index is 11.7. The molecule has 0 aliphatic heterocycles. The lowest BCUT2D eigenvalue weighted by Gasteiger charge is -2.04. The van der Waals surface area contributed by atoms with Gasteiger partial charge >= 0.3 is 0 Å². The van der Waals surface area contributed by atoms with Crippen molar-refractivity contribution in [2.75, 3.05) is 6.54 Å². The zero-order valence-corrected chi connectivity index (χ0v) is 7.76. The van der Waals surface area contributed by atoms with E-state index in [2.05, 4.69) is 4.98 Å². The Morgan fingerprint density at radius 3 is 2.93 bits per heavy atom. The van der Waals surface area contributed by atoms with Gasteiger partial charge in [0.05, 0.1) is 17.1 Å². The van der Waals surface area contributed by atoms with Crippen LogP contribution in [0.1, 0.15) is 10.4 Å². The highest BCUT2D eigenvalue weighted by Crippen LogP contribution is 2.12. The second-order valence-corrected chi connectivity index (χ2v) is 2.86. The minimum absolute atomic E-state index is 0.0924. The topological polar surface area (TPSA) is 42.0 Å². The van der Waals surface area contributed by atoms with Crippen LogP contribution in [0.5, 0.6) is 0 Å². The second kappa shape index (κ2) is 4.85. The third kappa shape index (κ3) is 2.92. The normalized spacial score (nSPS) is 10.3. The molecular formula is C8H7ClF2N2O. The molecule has 6 heteroatoms. The van der Waals surface area contributed by atoms with Gasteiger partial charge in [-0.25, -0.2) is 8.78 Å². The molecule has 0 atom stereocenters. The van der Waals surface area contributed by atoms with E-state index in [1.54, 1.807) is 0 Å². The number of nitrogens with one attached hydrogen (secondary N) is 1. The van der Waals surface area contributed by atoms with Crippen LogP contribution >= 0.6 is 11.6 Å². The van der Waals surface area contributed by atoms with Crippen molar-refractivity contribution in [3.8, 4) is 0 Å². The molecule has 1 N–H and O–H groups in total. The van der Waals surface area contributed by atoms with Crippen LogP contribution in [0.2, 0.25) is 5.02 Å². The molecule has 0 saturated heterocycles. The Bertz CT molecular complexity index is 333. The molecule has 0 aliphatic rings. The summed E-state index contributed by atoms with van der Waals surface area (Å²) >= 11 is 5.65. The van der Waals surface area contributed by atoms with Gasteiger partial charge in [0.25, 0.3) is 12.3 Å². The Morgan fingerprint density at radius 2 is 2.36 bits per heavy atom. The van der Waals surface area contributed by atoms with Gasteiger partial charge in [-0.1, -0.05) is 11.6 Å². The summed E-state index contributed by atoms with van der Waals surface area (Å²) in [6.45, 7) is -0.690. The molecule has 76 valence electrons. The highest BCUT2D eigenvalue weighted by molar-refractivity contribution is 6.33. The minimum Gasteiger partial charge on any atom is -0.346 e. The van der Waals surface area contributed by atoms with E-state index in [0.717, 1.165) is 0 Å². The summed E-state index contributed by atoms with van der Waals surface area (Å²) in [4.78, 5) is 14.9. The van der Waals surface area contributed by atoms with Gasteiger partial charge < -0.3 is 5.32 Å². The molecule has 1 amide bonds. The maximum absolute atomic E-state index is 11.7. The van der Waals surface area contributed by atoms with E-state index >= 15 is 0 Å². The van der Waals surface area contributed by atoms with Crippen molar-refractivity contribution < 1.29 is 13.6 Å². The summed E-state index contributed by atoms with van der Waals surface area (Å²) in [5, 5.41) is 2.21. The third-order valence-electron chi connectivity index (χ3n) is 1.43. The van der Waals surface area contributed by atoms with E-state index < -0.39 is 18.9 Å². The van der Waals surface area contributed by atoms with Gasteiger partial charge in [-0.05, 0) is 6.07 Å². The van der Waals surface area contributed by atoms with E-state index in [0.29, 0.717) is 0 Å². The van der Waals surface area contributed by atoms with Crippen LogP contribution in [0.3, 0.4) is 0 Å². The lowest BCUT2D eigenvalue weighted by atomic mass is 10.2. The lowest BCUT2D eigenvalue weighted by molar-refractivity contribution is 0.0891. The average Bonchev–Trinajstić information content (AvgIpc) is 2.15. The van der Waals surface area contributed by atoms with E-state index in [9.17, 15) is 13.6 Å². The van der Waals surface area contributed by atoms with Gasteiger partial charge in [0, 0.05) is 12.4 Å². The zero-order valence-electron chi connectivity index (χ0n) is 7.01. The van der Waals surface area contributed by atoms with Crippen LogP contribution in [-0.2, 0) is 0 Å². The van der Waals surface area contributed by atoms with Crippen molar-refractivity contribution >= 4 is 17.5 Å². The quantitative estimate of drug-likeness (QED) is 0.843. The molecule has 14 heavy (non-hydrogen) atoms. The smallest absolute Gasteiger partial charge is 0.255 e. The molecule has 0 spiro atoms. The molecule has 1 aromatic rings. The molecule has 3 nitrogen and oxygen atoms in total. The van der Waals surface area contributed by atoms with Gasteiger partial charge in [0.1, 0.15) is 0 Å². The first-order chi connectivity index (χ1) is 6.61. The Labute approximate surface area is 84.1 Å². The number of carbonyl (C=O) groups excluding carboxylic acids is 1. The molecule has 0 aromatic carbocycles. The fraction of sp³-hybridized carbons (Fsp3) is 0.250. The number of carbonyl (C=O) groups is 1. The van der Waals surface area contributed by atoms with Crippen LogP contribution in [0, 0.1) is 0 Å². The van der Waals surface area contributed by atoms with E-state index in [1.807, 2.05) is 5.32 Å². The van der Waals surface area contributed by atoms with E-state index in [4.69, 9.17) is 11.6 Å². The molecule has 1 heterocycles. The van der Waals surface area contributed by atoms with E-state index in [1.165, 1.54) is 18.5 Å². The first-order valence-corrected chi connectivity index (χ1v) is 4.15. The van der Waals surface area contributed by atoms with Crippen molar-refractivity contribution in [2.24, 2.45) is 0 Å². The number of hydrogen-bond acceptors (Lipinski definition) is 2. The van der Waals surface area contributed by atoms with Crippen molar-refractivity contribution in [3.63, 3.8) is 0 Å². The lowest BCUT2D eigenvalue weighted by Crippen LogP contribution is -2.28. The second-order valence-electron chi connectivity index (χ2n) is 2.46. The van der Waals surface area contributed by atoms with Crippen LogP contribution in [0.15, 0.2) is 18.5 Å². The van der Waals surface area contributed by atoms with Gasteiger partial charge in [-0.3, -0.25) is 9.78 Å². The highest BCUT2D eigenvalue weighted by Gasteiger charge is 2.11. The first-order valence-electron chi connectivity index (χ1n) is 3.77. The number of rotatable bonds is 3. The Balaban J connectivity index is 2.65. The summed E-state index contributed by atoms with van der Waals surface area (Å²) in [5.74, 6) is -0.650. The third-order valence-corrected chi connectivity index (χ3v) is 1.76. The molecule has 1 rings (SSSR count). The van der Waals surface area contributed by atoms with Crippen LogP contribution in [0.25, 0.3) is 0 Å². The monoisotopic (exact) mass is 220 g/mol. The predicted molar refractivity (Wildman–Crippen MR) is 47.6 cm³/mol. The van der Waals surface area contributed by atoms with Crippen molar-refractivity contribution in [2.45, 2.75) is 6.43 Å². The van der Waals surface area contributed by atoms with Gasteiger partial charge in [-0.2, -0.15) is 0 Å². The summed E-state index contributed by atoms with van der Waals surface area (Å²) in [6.07, 6.45) is 0.0597. The molecular weight excluding hydrogens is 214 g/mol. The summed E-state index contributed by atoms with van der Waals surface area (Å²) in [6, 6.07) is 1.42. The molecule has 0 saturated carbocycles. The highest BCUT2D eigenvalue weighted by atomic mass is 35.5. The van der Waals surface area contributed by atoms with Crippen LogP contribution < -0.4 is 5.32 Å². The number of halogens is 3. The summed E-state index contributed by atoms with van der Waals surface area (Å²) in [7, 11) is 0. The van der Waals surface area contributed by atoms with Gasteiger partial charge in [-0.15, -0.1) is 0 Å². The predicted octanol–water partition coefficient (Wildman–Crippen LogP) is 1.73. The van der Waals surface area contributed by atoms with Crippen molar-refractivity contribution in [1.82, 2.24) is 10.3 Å². The standard InChI is InChI=1S/C8H7ClF2N2O/c9-6-1-2-12-3-5(6)8(14)13-4-7(10)11/h1-3,7H,4H2,(H,13,14). The molecule has 0 radical (unpaired) electrons. The largest absolute Gasteiger partial charge is 0.346 e. The van der Waals surface area contributed by atoms with Crippen LogP contribution in [0.4, 0.5) is 8.78 Å². The van der Waals surface area contributed by atoms with Crippen molar-refractivity contribution in [1.29, 1.82) is 0 Å². The van der Waals surface area contributed by atoms with Gasteiger partial charge in [0.2, 0.25) is 0 Å². The number of nitrogens with zero attached hydrogens (tertiary/aromatic N) is 1. The molecule has 0 aliphatic carbocycles. The minimum atomic E-state index is -2.57. The first kappa shape index (κ1) is 10.8. The Kier molecular flexibility index (Phi) is 3.76. The number of hydrogen-bond donors (Lipinski definition) is 1. The Hall–Kier alpha value is -1.23. The fourth-order valence-corrected chi connectivity index (χ4v) is 1.00. The maximum Gasteiger partial charge on any atom is 0.255 e. The molecule has 1 aromatic heterocycles. The zero-order chi connectivity index (χ0) is 10.6. The van der Waals surface area contributed by atoms with Crippen molar-refractivity contribution in [3.05, 3.63) is 29.0 Å². The SMILES string of the molecule is O=C(NCC(F)F)c1cnccc1Cl. The van der Waals surface area contributed by atoms with E-state index in [-0.39, 0.29) is 10.6 Å². The number of alkyl halides is 2. The number of pyridine rings is 1. The van der Waals surface area contributed by atoms with Gasteiger partial charge in [0.15, 0.2) is 0 Å². The fourth-order valence-electron chi connectivity index (χ4n) is 0.810. The number of amides is 1. The summed E-state index contributed by atoms with van der Waals surface area (Å²) < 4.78 is 23.5.